The first-order chi connectivity index (χ1) is 10.7. The molecule has 1 N–H and O–H groups in total. The second-order valence-electron chi connectivity index (χ2n) is 5.41. The topological polar surface area (TPSA) is 15.3 Å². The fourth-order valence-corrected chi connectivity index (χ4v) is 2.47. The first-order valence-electron chi connectivity index (χ1n) is 8.01. The lowest BCUT2D eigenvalue weighted by Gasteiger charge is -2.18. The number of halogens is 1. The van der Waals surface area contributed by atoms with Gasteiger partial charge in [0.2, 0.25) is 0 Å². The molecule has 0 saturated carbocycles. The zero-order chi connectivity index (χ0) is 15.8. The molecule has 0 fully saturated rings. The number of benzene rings is 2. The summed E-state index contributed by atoms with van der Waals surface area (Å²) < 4.78 is 12.9. The molecule has 0 heterocycles. The van der Waals surface area contributed by atoms with Gasteiger partial charge < -0.3 is 10.2 Å². The Morgan fingerprint density at radius 3 is 1.95 bits per heavy atom. The van der Waals surface area contributed by atoms with Crippen molar-refractivity contribution in [3.8, 4) is 11.1 Å². The number of likely N-dealkylation sites (N-methyl/N-ethyl adjacent to an activating group) is 1. The van der Waals surface area contributed by atoms with Crippen LogP contribution in [0, 0.1) is 5.82 Å². The first-order valence-corrected chi connectivity index (χ1v) is 8.01. The Kier molecular flexibility index (Phi) is 6.56. The lowest BCUT2D eigenvalue weighted by atomic mass is 10.0. The van der Waals surface area contributed by atoms with Gasteiger partial charge in [0.05, 0.1) is 0 Å². The zero-order valence-electron chi connectivity index (χ0n) is 13.5. The average molecular weight is 300 g/mol. The maximum Gasteiger partial charge on any atom is 0.123 e. The molecule has 0 bridgehead atoms. The molecule has 0 amide bonds. The zero-order valence-corrected chi connectivity index (χ0v) is 13.5. The van der Waals surface area contributed by atoms with Crippen LogP contribution in [0.4, 0.5) is 4.39 Å². The van der Waals surface area contributed by atoms with E-state index in [4.69, 9.17) is 0 Å². The normalized spacial score (nSPS) is 11.1. The van der Waals surface area contributed by atoms with E-state index in [0.29, 0.717) is 0 Å². The summed E-state index contributed by atoms with van der Waals surface area (Å²) in [7, 11) is 0. The monoisotopic (exact) mass is 300 g/mol. The van der Waals surface area contributed by atoms with Crippen LogP contribution in [0.1, 0.15) is 19.4 Å². The van der Waals surface area contributed by atoms with E-state index in [0.717, 1.165) is 43.9 Å². The maximum absolute atomic E-state index is 12.9. The van der Waals surface area contributed by atoms with E-state index < -0.39 is 0 Å². The molecule has 2 aromatic rings. The van der Waals surface area contributed by atoms with E-state index in [9.17, 15) is 4.39 Å². The lowest BCUT2D eigenvalue weighted by Crippen LogP contribution is -2.31. The fourth-order valence-electron chi connectivity index (χ4n) is 2.47. The van der Waals surface area contributed by atoms with Crippen LogP contribution in [-0.4, -0.2) is 31.1 Å². The van der Waals surface area contributed by atoms with Crippen LogP contribution >= 0.6 is 0 Å². The maximum atomic E-state index is 12.9. The van der Waals surface area contributed by atoms with Crippen LogP contribution in [0.15, 0.2) is 48.5 Å². The molecule has 0 aliphatic carbocycles. The van der Waals surface area contributed by atoms with Crippen molar-refractivity contribution < 1.29 is 4.39 Å². The van der Waals surface area contributed by atoms with Gasteiger partial charge in [0.15, 0.2) is 0 Å². The van der Waals surface area contributed by atoms with Crippen molar-refractivity contribution in [2.45, 2.75) is 20.4 Å². The molecule has 3 heteroatoms. The highest BCUT2D eigenvalue weighted by Crippen LogP contribution is 2.20. The summed E-state index contributed by atoms with van der Waals surface area (Å²) in [4.78, 5) is 2.41. The molecule has 2 nitrogen and oxygen atoms in total. The van der Waals surface area contributed by atoms with Crippen LogP contribution in [0.3, 0.4) is 0 Å². The van der Waals surface area contributed by atoms with Gasteiger partial charge in [-0.05, 0) is 41.9 Å². The van der Waals surface area contributed by atoms with E-state index in [-0.39, 0.29) is 5.82 Å². The number of nitrogens with one attached hydrogen (secondary N) is 1. The SMILES string of the molecule is CCN(CC)CCNCc1ccc(-c2ccc(F)cc2)cc1. The van der Waals surface area contributed by atoms with Gasteiger partial charge in [-0.15, -0.1) is 0 Å². The van der Waals surface area contributed by atoms with Crippen molar-refractivity contribution in [2.24, 2.45) is 0 Å². The van der Waals surface area contributed by atoms with Crippen molar-refractivity contribution in [3.63, 3.8) is 0 Å². The molecule has 0 radical (unpaired) electrons. The highest BCUT2D eigenvalue weighted by molar-refractivity contribution is 5.63. The lowest BCUT2D eigenvalue weighted by molar-refractivity contribution is 0.302. The Hall–Kier alpha value is -1.71. The van der Waals surface area contributed by atoms with Crippen molar-refractivity contribution in [3.05, 3.63) is 59.9 Å². The highest BCUT2D eigenvalue weighted by atomic mass is 19.1. The Morgan fingerprint density at radius 2 is 1.41 bits per heavy atom. The van der Waals surface area contributed by atoms with Gasteiger partial charge in [0.1, 0.15) is 5.82 Å². The second-order valence-corrected chi connectivity index (χ2v) is 5.41. The van der Waals surface area contributed by atoms with Crippen LogP contribution in [0.25, 0.3) is 11.1 Å². The Bertz CT molecular complexity index is 545. The summed E-state index contributed by atoms with van der Waals surface area (Å²) in [5.74, 6) is -0.197. The molecule has 2 rings (SSSR count). The van der Waals surface area contributed by atoms with Crippen LogP contribution in [0.2, 0.25) is 0 Å². The quantitative estimate of drug-likeness (QED) is 0.743. The summed E-state index contributed by atoms with van der Waals surface area (Å²) in [5.41, 5.74) is 3.43. The van der Waals surface area contributed by atoms with E-state index in [1.807, 2.05) is 12.1 Å². The van der Waals surface area contributed by atoms with Crippen molar-refractivity contribution >= 4 is 0 Å². The third-order valence-electron chi connectivity index (χ3n) is 3.96. The minimum absolute atomic E-state index is 0.197. The molecule has 118 valence electrons. The predicted octanol–water partition coefficient (Wildman–Crippen LogP) is 3.92. The minimum Gasteiger partial charge on any atom is -0.311 e. The van der Waals surface area contributed by atoms with Gasteiger partial charge >= 0.3 is 0 Å². The Labute approximate surface area is 133 Å². The smallest absolute Gasteiger partial charge is 0.123 e. The Morgan fingerprint density at radius 1 is 0.864 bits per heavy atom. The molecule has 0 aliphatic rings. The summed E-state index contributed by atoms with van der Waals surface area (Å²) in [5, 5.41) is 3.48. The largest absolute Gasteiger partial charge is 0.311 e. The van der Waals surface area contributed by atoms with Crippen LogP contribution in [0.5, 0.6) is 0 Å². The van der Waals surface area contributed by atoms with Gasteiger partial charge in [-0.2, -0.15) is 0 Å². The molecule has 0 aromatic heterocycles. The molecular weight excluding hydrogens is 275 g/mol. The van der Waals surface area contributed by atoms with Gasteiger partial charge in [0, 0.05) is 19.6 Å². The van der Waals surface area contributed by atoms with Gasteiger partial charge in [-0.3, -0.25) is 0 Å². The third-order valence-corrected chi connectivity index (χ3v) is 3.96. The second kappa shape index (κ2) is 8.66. The van der Waals surface area contributed by atoms with E-state index >= 15 is 0 Å². The van der Waals surface area contributed by atoms with Crippen molar-refractivity contribution in [1.82, 2.24) is 10.2 Å². The van der Waals surface area contributed by atoms with E-state index in [2.05, 4.69) is 48.3 Å². The fraction of sp³-hybridized carbons (Fsp3) is 0.368. The third kappa shape index (κ3) is 4.93. The van der Waals surface area contributed by atoms with Gasteiger partial charge in [-0.25, -0.2) is 4.39 Å². The van der Waals surface area contributed by atoms with Crippen LogP contribution < -0.4 is 5.32 Å². The molecule has 0 spiro atoms. The van der Waals surface area contributed by atoms with E-state index in [1.165, 1.54) is 17.7 Å². The summed E-state index contributed by atoms with van der Waals surface area (Å²) in [6.45, 7) is 9.55. The Balaban J connectivity index is 1.83. The highest BCUT2D eigenvalue weighted by Gasteiger charge is 2.00. The number of hydrogen-bond acceptors (Lipinski definition) is 2. The first kappa shape index (κ1) is 16.7. The van der Waals surface area contributed by atoms with Crippen molar-refractivity contribution in [2.75, 3.05) is 26.2 Å². The minimum atomic E-state index is -0.197. The van der Waals surface area contributed by atoms with Crippen LogP contribution in [-0.2, 0) is 6.54 Å². The number of nitrogens with zero attached hydrogens (tertiary/aromatic N) is 1. The van der Waals surface area contributed by atoms with Crippen molar-refractivity contribution in [1.29, 1.82) is 0 Å². The molecule has 22 heavy (non-hydrogen) atoms. The average Bonchev–Trinajstić information content (AvgIpc) is 2.56. The van der Waals surface area contributed by atoms with Gasteiger partial charge in [0.25, 0.3) is 0 Å². The molecule has 0 unspecified atom stereocenters. The molecule has 0 aliphatic heterocycles. The summed E-state index contributed by atoms with van der Waals surface area (Å²) >= 11 is 0. The standard InChI is InChI=1S/C19H25FN2/c1-3-22(4-2)14-13-21-15-16-5-7-17(8-6-16)18-9-11-19(20)12-10-18/h5-12,21H,3-4,13-15H2,1-2H3. The van der Waals surface area contributed by atoms with E-state index in [1.54, 1.807) is 0 Å². The molecular formula is C19H25FN2. The predicted molar refractivity (Wildman–Crippen MR) is 91.3 cm³/mol. The molecule has 0 saturated heterocycles. The molecule has 2 aromatic carbocycles. The summed E-state index contributed by atoms with van der Waals surface area (Å²) in [6.07, 6.45) is 0. The number of rotatable bonds is 8. The summed E-state index contributed by atoms with van der Waals surface area (Å²) in [6, 6.07) is 15.1. The number of hydrogen-bond donors (Lipinski definition) is 1. The van der Waals surface area contributed by atoms with Gasteiger partial charge in [-0.1, -0.05) is 50.2 Å². The molecule has 0 atom stereocenters.